The van der Waals surface area contributed by atoms with E-state index in [1.807, 2.05) is 13.0 Å². The van der Waals surface area contributed by atoms with E-state index in [1.165, 1.54) is 0 Å². The summed E-state index contributed by atoms with van der Waals surface area (Å²) in [6.45, 7) is 2.26. The van der Waals surface area contributed by atoms with Gasteiger partial charge in [-0.3, -0.25) is 4.79 Å². The summed E-state index contributed by atoms with van der Waals surface area (Å²) in [5.74, 6) is 0.304. The maximum atomic E-state index is 11.8. The van der Waals surface area contributed by atoms with Crippen LogP contribution in [0.4, 0.5) is 0 Å². The number of Topliss-reactive ketones (excluding diaryl/α,β-unsaturated/α-hetero) is 1. The van der Waals surface area contributed by atoms with Crippen LogP contribution in [0.2, 0.25) is 0 Å². The van der Waals surface area contributed by atoms with Crippen LogP contribution in [-0.4, -0.2) is 23.3 Å². The Morgan fingerprint density at radius 3 is 3.00 bits per heavy atom. The summed E-state index contributed by atoms with van der Waals surface area (Å²) in [7, 11) is 0. The van der Waals surface area contributed by atoms with Crippen molar-refractivity contribution >= 4 is 11.5 Å². The number of carbonyl (C=O) groups excluding carboxylic acids is 1. The Kier molecular flexibility index (Phi) is 2.41. The second-order valence-electron chi connectivity index (χ2n) is 3.47. The van der Waals surface area contributed by atoms with Gasteiger partial charge in [0.15, 0.2) is 0 Å². The van der Waals surface area contributed by atoms with Gasteiger partial charge in [-0.15, -0.1) is 0 Å². The minimum Gasteiger partial charge on any atom is -0.492 e. The lowest BCUT2D eigenvalue weighted by Gasteiger charge is -2.05. The van der Waals surface area contributed by atoms with Gasteiger partial charge >= 0.3 is 0 Å². The van der Waals surface area contributed by atoms with Gasteiger partial charge in [-0.05, 0) is 19.1 Å². The van der Waals surface area contributed by atoms with Gasteiger partial charge in [0.05, 0.1) is 12.2 Å². The van der Waals surface area contributed by atoms with E-state index in [9.17, 15) is 4.79 Å². The molecule has 0 fully saturated rings. The number of rotatable bonds is 0. The quantitative estimate of drug-likeness (QED) is 0.519. The first-order valence-corrected chi connectivity index (χ1v) is 4.71. The van der Waals surface area contributed by atoms with Crippen molar-refractivity contribution < 1.29 is 14.7 Å². The lowest BCUT2D eigenvalue weighted by atomic mass is 10.0. The lowest BCUT2D eigenvalue weighted by molar-refractivity contribution is 0.106. The minimum atomic E-state index is -0.256. The maximum Gasteiger partial charge on any atom is 0.214 e. The number of fused-ring (bicyclic) bond motifs is 1. The molecule has 0 aromatic heterocycles. The molecule has 0 unspecified atom stereocenters. The molecule has 1 heterocycles. The largest absolute Gasteiger partial charge is 0.492 e. The Morgan fingerprint density at radius 2 is 2.27 bits per heavy atom. The van der Waals surface area contributed by atoms with Gasteiger partial charge < -0.3 is 9.94 Å². The van der Waals surface area contributed by atoms with Gasteiger partial charge in [0.2, 0.25) is 5.78 Å². The summed E-state index contributed by atoms with van der Waals surface area (Å²) >= 11 is 0. The Labute approximate surface area is 87.2 Å². The second kappa shape index (κ2) is 3.73. The van der Waals surface area contributed by atoms with Crippen LogP contribution < -0.4 is 4.74 Å². The molecule has 2 rings (SSSR count). The van der Waals surface area contributed by atoms with Crippen molar-refractivity contribution in [2.24, 2.45) is 5.16 Å². The first-order valence-electron chi connectivity index (χ1n) is 4.71. The summed E-state index contributed by atoms with van der Waals surface area (Å²) in [6.07, 6.45) is 0.336. The molecule has 0 aliphatic carbocycles. The number of aryl methyl sites for hydroxylation is 1. The molecule has 0 spiro atoms. The van der Waals surface area contributed by atoms with Crippen molar-refractivity contribution in [1.82, 2.24) is 0 Å². The summed E-state index contributed by atoms with van der Waals surface area (Å²) in [6, 6.07) is 5.39. The highest BCUT2D eigenvalue weighted by atomic mass is 16.5. The number of carbonyl (C=O) groups is 1. The highest BCUT2D eigenvalue weighted by molar-refractivity contribution is 6.46. The van der Waals surface area contributed by atoms with Crippen molar-refractivity contribution in [1.29, 1.82) is 0 Å². The standard InChI is InChI=1S/C11H11NO3/c1-7-2-3-10-8(6-7)11(13)9(12-14)4-5-15-10/h2-3,6,14H,4-5H2,1H3. The van der Waals surface area contributed by atoms with E-state index in [-0.39, 0.29) is 11.5 Å². The van der Waals surface area contributed by atoms with Gasteiger partial charge in [-0.1, -0.05) is 16.8 Å². The van der Waals surface area contributed by atoms with E-state index in [1.54, 1.807) is 12.1 Å². The van der Waals surface area contributed by atoms with Crippen LogP contribution in [0.25, 0.3) is 0 Å². The average molecular weight is 205 g/mol. The third-order valence-electron chi connectivity index (χ3n) is 2.36. The first-order chi connectivity index (χ1) is 7.22. The third kappa shape index (κ3) is 1.70. The number of benzene rings is 1. The van der Waals surface area contributed by atoms with E-state index in [2.05, 4.69) is 5.16 Å². The smallest absolute Gasteiger partial charge is 0.214 e. The number of ether oxygens (including phenoxy) is 1. The predicted octanol–water partition coefficient (Wildman–Crippen LogP) is 1.79. The molecule has 0 radical (unpaired) electrons. The summed E-state index contributed by atoms with van der Waals surface area (Å²) in [5.41, 5.74) is 1.60. The van der Waals surface area contributed by atoms with Crippen molar-refractivity contribution in [2.75, 3.05) is 6.61 Å². The molecule has 0 amide bonds. The second-order valence-corrected chi connectivity index (χ2v) is 3.47. The zero-order valence-electron chi connectivity index (χ0n) is 8.36. The van der Waals surface area contributed by atoms with Crippen LogP contribution in [0.5, 0.6) is 5.75 Å². The Bertz CT molecular complexity index is 437. The SMILES string of the molecule is Cc1ccc2c(c1)C(=O)C(=NO)CCO2. The molecule has 0 saturated carbocycles. The average Bonchev–Trinajstić information content (AvgIpc) is 2.39. The molecular formula is C11H11NO3. The van der Waals surface area contributed by atoms with Crippen LogP contribution in [0.1, 0.15) is 22.3 Å². The van der Waals surface area contributed by atoms with Crippen LogP contribution >= 0.6 is 0 Å². The number of oxime groups is 1. The van der Waals surface area contributed by atoms with Crippen molar-refractivity contribution in [3.05, 3.63) is 29.3 Å². The molecule has 0 saturated heterocycles. The number of ketones is 1. The van der Waals surface area contributed by atoms with Crippen LogP contribution in [0.15, 0.2) is 23.4 Å². The van der Waals surface area contributed by atoms with Crippen molar-refractivity contribution in [2.45, 2.75) is 13.3 Å². The molecule has 78 valence electrons. The molecule has 1 aromatic rings. The highest BCUT2D eigenvalue weighted by Gasteiger charge is 2.22. The Morgan fingerprint density at radius 1 is 1.47 bits per heavy atom. The number of hydrogen-bond donors (Lipinski definition) is 1. The molecule has 4 nitrogen and oxygen atoms in total. The number of nitrogens with zero attached hydrogens (tertiary/aromatic N) is 1. The van der Waals surface area contributed by atoms with Crippen LogP contribution in [-0.2, 0) is 0 Å². The molecule has 15 heavy (non-hydrogen) atoms. The highest BCUT2D eigenvalue weighted by Crippen LogP contribution is 2.24. The van der Waals surface area contributed by atoms with Gasteiger partial charge in [0.1, 0.15) is 11.5 Å². The Balaban J connectivity index is 2.54. The van der Waals surface area contributed by atoms with Gasteiger partial charge in [-0.2, -0.15) is 0 Å². The predicted molar refractivity (Wildman–Crippen MR) is 54.8 cm³/mol. The fraction of sp³-hybridized carbons (Fsp3) is 0.273. The summed E-state index contributed by atoms with van der Waals surface area (Å²) in [4.78, 5) is 11.8. The van der Waals surface area contributed by atoms with E-state index in [0.29, 0.717) is 24.3 Å². The molecule has 0 bridgehead atoms. The van der Waals surface area contributed by atoms with E-state index < -0.39 is 0 Å². The summed E-state index contributed by atoms with van der Waals surface area (Å²) in [5, 5.41) is 11.7. The zero-order chi connectivity index (χ0) is 10.8. The molecule has 1 aromatic carbocycles. The summed E-state index contributed by atoms with van der Waals surface area (Å²) < 4.78 is 5.39. The maximum absolute atomic E-state index is 11.8. The molecule has 1 N–H and O–H groups in total. The first kappa shape index (κ1) is 9.71. The van der Waals surface area contributed by atoms with Crippen molar-refractivity contribution in [3.8, 4) is 5.75 Å². The zero-order valence-corrected chi connectivity index (χ0v) is 8.36. The molecule has 0 atom stereocenters. The van der Waals surface area contributed by atoms with Crippen LogP contribution in [0, 0.1) is 6.92 Å². The molecule has 1 aliphatic rings. The van der Waals surface area contributed by atoms with Crippen molar-refractivity contribution in [3.63, 3.8) is 0 Å². The fourth-order valence-corrected chi connectivity index (χ4v) is 1.57. The minimum absolute atomic E-state index is 0.152. The lowest BCUT2D eigenvalue weighted by Crippen LogP contribution is -2.13. The number of hydrogen-bond acceptors (Lipinski definition) is 4. The van der Waals surface area contributed by atoms with Crippen LogP contribution in [0.3, 0.4) is 0 Å². The Hall–Kier alpha value is -1.84. The molecule has 4 heteroatoms. The molecule has 1 aliphatic heterocycles. The van der Waals surface area contributed by atoms with Gasteiger partial charge in [0.25, 0.3) is 0 Å². The normalized spacial score (nSPS) is 18.2. The fourth-order valence-electron chi connectivity index (χ4n) is 1.57. The van der Waals surface area contributed by atoms with Gasteiger partial charge in [-0.25, -0.2) is 0 Å². The van der Waals surface area contributed by atoms with Gasteiger partial charge in [0, 0.05) is 6.42 Å². The third-order valence-corrected chi connectivity index (χ3v) is 2.36. The topological polar surface area (TPSA) is 58.9 Å². The van der Waals surface area contributed by atoms with E-state index in [0.717, 1.165) is 5.56 Å². The van der Waals surface area contributed by atoms with E-state index in [4.69, 9.17) is 9.94 Å². The van der Waals surface area contributed by atoms with E-state index >= 15 is 0 Å². The monoisotopic (exact) mass is 205 g/mol. The molecular weight excluding hydrogens is 194 g/mol.